The summed E-state index contributed by atoms with van der Waals surface area (Å²) in [4.78, 5) is 15.2. The van der Waals surface area contributed by atoms with E-state index in [1.807, 2.05) is 13.8 Å². The van der Waals surface area contributed by atoms with Gasteiger partial charge in [-0.25, -0.2) is 5.10 Å². The second-order valence-electron chi connectivity index (χ2n) is 3.56. The van der Waals surface area contributed by atoms with E-state index in [9.17, 15) is 4.79 Å². The van der Waals surface area contributed by atoms with Gasteiger partial charge in [0.1, 0.15) is 6.33 Å². The Morgan fingerprint density at radius 1 is 1.71 bits per heavy atom. The van der Waals surface area contributed by atoms with Crippen molar-refractivity contribution in [1.29, 1.82) is 0 Å². The minimum absolute atomic E-state index is 0.240. The molecule has 0 aromatic carbocycles. The number of anilines is 1. The Kier molecular flexibility index (Phi) is 3.58. The van der Waals surface area contributed by atoms with Crippen molar-refractivity contribution in [2.24, 2.45) is 11.7 Å². The van der Waals surface area contributed by atoms with Crippen molar-refractivity contribution in [3.05, 3.63) is 6.33 Å². The molecule has 1 amide bonds. The van der Waals surface area contributed by atoms with Gasteiger partial charge in [0.15, 0.2) is 0 Å². The van der Waals surface area contributed by atoms with Crippen LogP contribution in [0.2, 0.25) is 0 Å². The third-order valence-corrected chi connectivity index (χ3v) is 1.72. The Labute approximate surface area is 82.3 Å². The first-order valence-electron chi connectivity index (χ1n) is 4.51. The molecule has 1 unspecified atom stereocenters. The topological polar surface area (TPSA) is 96.7 Å². The van der Waals surface area contributed by atoms with Crippen LogP contribution in [0, 0.1) is 5.92 Å². The lowest BCUT2D eigenvalue weighted by molar-refractivity contribution is -0.117. The minimum atomic E-state index is -0.500. The number of nitrogens with one attached hydrogen (secondary N) is 2. The van der Waals surface area contributed by atoms with Crippen molar-refractivity contribution >= 4 is 11.9 Å². The first-order valence-corrected chi connectivity index (χ1v) is 4.51. The van der Waals surface area contributed by atoms with Gasteiger partial charge >= 0.3 is 0 Å². The van der Waals surface area contributed by atoms with Crippen LogP contribution >= 0.6 is 0 Å². The fourth-order valence-corrected chi connectivity index (χ4v) is 1.09. The van der Waals surface area contributed by atoms with Gasteiger partial charge in [0.25, 0.3) is 0 Å². The van der Waals surface area contributed by atoms with Crippen LogP contribution in [-0.4, -0.2) is 27.1 Å². The van der Waals surface area contributed by atoms with Crippen molar-refractivity contribution in [1.82, 2.24) is 15.2 Å². The lowest BCUT2D eigenvalue weighted by Crippen LogP contribution is -2.36. The van der Waals surface area contributed by atoms with Gasteiger partial charge in [0, 0.05) is 0 Å². The minimum Gasteiger partial charge on any atom is -0.320 e. The van der Waals surface area contributed by atoms with E-state index in [0.717, 1.165) is 0 Å². The monoisotopic (exact) mass is 197 g/mol. The summed E-state index contributed by atoms with van der Waals surface area (Å²) < 4.78 is 0. The lowest BCUT2D eigenvalue weighted by Gasteiger charge is -2.12. The number of nitrogens with two attached hydrogens (primary N) is 1. The van der Waals surface area contributed by atoms with Crippen LogP contribution in [0.3, 0.4) is 0 Å². The van der Waals surface area contributed by atoms with Crippen LogP contribution in [0.25, 0.3) is 0 Å². The molecule has 0 saturated heterocycles. The number of H-pyrrole nitrogens is 1. The molecule has 4 N–H and O–H groups in total. The maximum Gasteiger partial charge on any atom is 0.243 e. The summed E-state index contributed by atoms with van der Waals surface area (Å²) in [6.07, 6.45) is 1.98. The summed E-state index contributed by atoms with van der Waals surface area (Å²) in [6, 6.07) is -0.500. The first kappa shape index (κ1) is 10.6. The van der Waals surface area contributed by atoms with E-state index >= 15 is 0 Å². The number of amides is 1. The number of hydrogen-bond donors (Lipinski definition) is 3. The number of carbonyl (C=O) groups is 1. The molecule has 0 fully saturated rings. The fraction of sp³-hybridized carbons (Fsp3) is 0.625. The molecule has 0 saturated carbocycles. The van der Waals surface area contributed by atoms with Gasteiger partial charge in [-0.2, -0.15) is 10.1 Å². The lowest BCUT2D eigenvalue weighted by atomic mass is 10.0. The normalized spacial score (nSPS) is 12.9. The molecule has 0 aliphatic heterocycles. The molecule has 14 heavy (non-hydrogen) atoms. The molecule has 0 aliphatic carbocycles. The molecule has 1 aromatic heterocycles. The highest BCUT2D eigenvalue weighted by molar-refractivity contribution is 5.93. The van der Waals surface area contributed by atoms with Gasteiger partial charge in [-0.1, -0.05) is 13.8 Å². The van der Waals surface area contributed by atoms with Crippen LogP contribution in [-0.2, 0) is 4.79 Å². The average Bonchev–Trinajstić information content (AvgIpc) is 2.55. The molecule has 1 aromatic rings. The Balaban J connectivity index is 2.42. The van der Waals surface area contributed by atoms with Crippen molar-refractivity contribution in [3.63, 3.8) is 0 Å². The molecular weight excluding hydrogens is 182 g/mol. The second kappa shape index (κ2) is 4.71. The molecular formula is C8H15N5O. The van der Waals surface area contributed by atoms with E-state index in [-0.39, 0.29) is 5.91 Å². The molecule has 0 spiro atoms. The largest absolute Gasteiger partial charge is 0.320 e. The van der Waals surface area contributed by atoms with Gasteiger partial charge in [0.05, 0.1) is 6.04 Å². The maximum atomic E-state index is 11.4. The third kappa shape index (κ3) is 3.14. The summed E-state index contributed by atoms with van der Waals surface area (Å²) >= 11 is 0. The zero-order chi connectivity index (χ0) is 10.6. The Morgan fingerprint density at radius 3 is 2.93 bits per heavy atom. The number of carbonyl (C=O) groups excluding carboxylic acids is 1. The number of nitrogens with zero attached hydrogens (tertiary/aromatic N) is 2. The summed E-state index contributed by atoms with van der Waals surface area (Å²) in [5.74, 6) is 0.482. The van der Waals surface area contributed by atoms with E-state index in [0.29, 0.717) is 18.3 Å². The molecule has 6 nitrogen and oxygen atoms in total. The zero-order valence-electron chi connectivity index (χ0n) is 8.32. The summed E-state index contributed by atoms with van der Waals surface area (Å²) in [5.41, 5.74) is 5.66. The van der Waals surface area contributed by atoms with Gasteiger partial charge in [0.2, 0.25) is 11.9 Å². The predicted molar refractivity (Wildman–Crippen MR) is 52.4 cm³/mol. The van der Waals surface area contributed by atoms with E-state index in [1.54, 1.807) is 0 Å². The van der Waals surface area contributed by atoms with Gasteiger partial charge in [-0.3, -0.25) is 10.1 Å². The SMILES string of the molecule is CC(C)CC(N)C(=O)Nc1ncn[nH]1. The van der Waals surface area contributed by atoms with E-state index < -0.39 is 6.04 Å². The summed E-state index contributed by atoms with van der Waals surface area (Å²) in [6.45, 7) is 4.03. The highest BCUT2D eigenvalue weighted by Crippen LogP contribution is 2.04. The molecule has 0 aliphatic rings. The smallest absolute Gasteiger partial charge is 0.243 e. The van der Waals surface area contributed by atoms with Crippen molar-refractivity contribution in [2.75, 3.05) is 5.32 Å². The van der Waals surface area contributed by atoms with E-state index in [4.69, 9.17) is 5.73 Å². The standard InChI is InChI=1S/C8H15N5O/c1-5(2)3-6(9)7(14)12-8-10-4-11-13-8/h4-6H,3,9H2,1-2H3,(H2,10,11,12,13,14). The third-order valence-electron chi connectivity index (χ3n) is 1.72. The zero-order valence-corrected chi connectivity index (χ0v) is 8.32. The number of aromatic nitrogens is 3. The Bertz CT molecular complexity index is 282. The van der Waals surface area contributed by atoms with Crippen LogP contribution < -0.4 is 11.1 Å². The first-order chi connectivity index (χ1) is 6.59. The van der Waals surface area contributed by atoms with Crippen LogP contribution in [0.15, 0.2) is 6.33 Å². The molecule has 78 valence electrons. The number of rotatable bonds is 4. The Hall–Kier alpha value is -1.43. The average molecular weight is 197 g/mol. The van der Waals surface area contributed by atoms with Gasteiger partial charge in [-0.05, 0) is 12.3 Å². The van der Waals surface area contributed by atoms with Gasteiger partial charge in [-0.15, -0.1) is 0 Å². The molecule has 0 radical (unpaired) electrons. The highest BCUT2D eigenvalue weighted by atomic mass is 16.2. The molecule has 1 rings (SSSR count). The summed E-state index contributed by atoms with van der Waals surface area (Å²) in [7, 11) is 0. The number of aromatic amines is 1. The van der Waals surface area contributed by atoms with E-state index in [2.05, 4.69) is 20.5 Å². The van der Waals surface area contributed by atoms with Crippen LogP contribution in [0.5, 0.6) is 0 Å². The Morgan fingerprint density at radius 2 is 2.43 bits per heavy atom. The van der Waals surface area contributed by atoms with Crippen molar-refractivity contribution in [3.8, 4) is 0 Å². The van der Waals surface area contributed by atoms with Crippen LogP contribution in [0.4, 0.5) is 5.95 Å². The van der Waals surface area contributed by atoms with Gasteiger partial charge < -0.3 is 5.73 Å². The molecule has 1 atom stereocenters. The predicted octanol–water partition coefficient (Wildman–Crippen LogP) is 0.117. The molecule has 6 heteroatoms. The van der Waals surface area contributed by atoms with E-state index in [1.165, 1.54) is 6.33 Å². The maximum absolute atomic E-state index is 11.4. The molecule has 1 heterocycles. The molecule has 0 bridgehead atoms. The second-order valence-corrected chi connectivity index (χ2v) is 3.56. The quantitative estimate of drug-likeness (QED) is 0.638. The summed E-state index contributed by atoms with van der Waals surface area (Å²) in [5, 5.41) is 8.67. The fourth-order valence-electron chi connectivity index (χ4n) is 1.09. The number of hydrogen-bond acceptors (Lipinski definition) is 4. The van der Waals surface area contributed by atoms with Crippen molar-refractivity contribution < 1.29 is 4.79 Å². The van der Waals surface area contributed by atoms with Crippen LogP contribution in [0.1, 0.15) is 20.3 Å². The highest BCUT2D eigenvalue weighted by Gasteiger charge is 2.15. The van der Waals surface area contributed by atoms with Crippen molar-refractivity contribution in [2.45, 2.75) is 26.3 Å².